The summed E-state index contributed by atoms with van der Waals surface area (Å²) in [6.07, 6.45) is 0.970. The Hall–Kier alpha value is -8.38. The second kappa shape index (κ2) is 12.9. The first-order valence-corrected chi connectivity index (χ1v) is 22.8. The monoisotopic (exact) mass is 822 g/mol. The van der Waals surface area contributed by atoms with Crippen molar-refractivity contribution in [2.45, 2.75) is 17.8 Å². The number of hydrogen-bond acceptors (Lipinski definition) is 0. The van der Waals surface area contributed by atoms with Crippen LogP contribution in [0.25, 0.3) is 88.4 Å². The molecule has 0 aliphatic heterocycles. The number of aromatic nitrogens is 2. The molecule has 0 amide bonds. The Labute approximate surface area is 376 Å². The average molecular weight is 823 g/mol. The van der Waals surface area contributed by atoms with Gasteiger partial charge in [-0.15, -0.1) is 0 Å². The van der Waals surface area contributed by atoms with Crippen LogP contribution < -0.4 is 0 Å². The molecule has 2 aromatic heterocycles. The molecule has 3 aliphatic carbocycles. The van der Waals surface area contributed by atoms with Crippen LogP contribution in [0.1, 0.15) is 44.9 Å². The van der Waals surface area contributed by atoms with Crippen molar-refractivity contribution < 1.29 is 0 Å². The number of rotatable bonds is 3. The van der Waals surface area contributed by atoms with Crippen LogP contribution in [-0.2, 0) is 11.8 Å². The normalized spacial score (nSPS) is 14.9. The predicted molar refractivity (Wildman–Crippen MR) is 267 cm³/mol. The first-order chi connectivity index (χ1) is 32.3. The van der Waals surface area contributed by atoms with Gasteiger partial charge in [0.05, 0.1) is 27.5 Å². The van der Waals surface area contributed by atoms with Crippen molar-refractivity contribution in [3.63, 3.8) is 0 Å². The van der Waals surface area contributed by atoms with Gasteiger partial charge in [0.1, 0.15) is 0 Å². The van der Waals surface area contributed by atoms with E-state index in [4.69, 9.17) is 0 Å². The van der Waals surface area contributed by atoms with Gasteiger partial charge in [-0.05, 0) is 140 Å². The molecule has 2 atom stereocenters. The molecule has 15 rings (SSSR count). The number of nitrogens with zero attached hydrogens (tertiary/aromatic N) is 2. The SMILES string of the molecule is c1ccc2c(c#1)C1(c3ccccc3-2)c2ccccc2-c2cc(-n3c4ccc([C@H]5Cc6ccccc6-c6ccccc65)cc4c4cc(-n5c6ccccc6c6ccccc65)ccc43)ccc21. The highest BCUT2D eigenvalue weighted by Crippen LogP contribution is 2.62. The summed E-state index contributed by atoms with van der Waals surface area (Å²) in [5.74, 6) is 0.239. The molecule has 2 heteroatoms. The summed E-state index contributed by atoms with van der Waals surface area (Å²) in [5, 5.41) is 5.04. The van der Waals surface area contributed by atoms with Crippen LogP contribution in [0.5, 0.6) is 0 Å². The molecular formula is C63H38N2. The minimum absolute atomic E-state index is 0.239. The maximum atomic E-state index is 3.65. The van der Waals surface area contributed by atoms with E-state index in [-0.39, 0.29) is 5.92 Å². The first-order valence-electron chi connectivity index (χ1n) is 22.8. The lowest BCUT2D eigenvalue weighted by molar-refractivity contribution is 0.794. The molecule has 300 valence electrons. The molecule has 0 radical (unpaired) electrons. The fourth-order valence-corrected chi connectivity index (χ4v) is 12.6. The topological polar surface area (TPSA) is 9.86 Å². The molecule has 0 N–H and O–H groups in total. The Balaban J connectivity index is 0.986. The molecule has 1 spiro atoms. The number of fused-ring (bicyclic) bond motifs is 19. The predicted octanol–water partition coefficient (Wildman–Crippen LogP) is 15.2. The van der Waals surface area contributed by atoms with Gasteiger partial charge in [0.25, 0.3) is 0 Å². The highest BCUT2D eigenvalue weighted by Gasteiger charge is 2.52. The molecule has 10 aromatic carbocycles. The zero-order valence-electron chi connectivity index (χ0n) is 35.4. The van der Waals surface area contributed by atoms with Gasteiger partial charge in [-0.3, -0.25) is 0 Å². The van der Waals surface area contributed by atoms with Gasteiger partial charge in [-0.25, -0.2) is 0 Å². The van der Waals surface area contributed by atoms with Crippen LogP contribution in [0.15, 0.2) is 212 Å². The Morgan fingerprint density at radius 1 is 0.400 bits per heavy atom. The van der Waals surface area contributed by atoms with E-state index in [0.29, 0.717) is 0 Å². The third kappa shape index (κ3) is 4.54. The second-order valence-corrected chi connectivity index (χ2v) is 18.1. The van der Waals surface area contributed by atoms with E-state index < -0.39 is 5.41 Å². The largest absolute Gasteiger partial charge is 0.309 e. The van der Waals surface area contributed by atoms with E-state index >= 15 is 0 Å². The summed E-state index contributed by atoms with van der Waals surface area (Å²) >= 11 is 0. The van der Waals surface area contributed by atoms with E-state index in [9.17, 15) is 0 Å². The van der Waals surface area contributed by atoms with Gasteiger partial charge in [0.2, 0.25) is 0 Å². The van der Waals surface area contributed by atoms with E-state index in [1.165, 1.54) is 116 Å². The lowest BCUT2D eigenvalue weighted by Crippen LogP contribution is -2.25. The van der Waals surface area contributed by atoms with Crippen LogP contribution in [0.4, 0.5) is 0 Å². The summed E-state index contributed by atoms with van der Waals surface area (Å²) in [7, 11) is 0. The van der Waals surface area contributed by atoms with Crippen molar-refractivity contribution >= 4 is 43.6 Å². The molecule has 3 aliphatic rings. The average Bonchev–Trinajstić information content (AvgIpc) is 4.08. The summed E-state index contributed by atoms with van der Waals surface area (Å²) in [6.45, 7) is 0. The summed E-state index contributed by atoms with van der Waals surface area (Å²) in [5.41, 5.74) is 23.7. The Morgan fingerprint density at radius 3 is 1.72 bits per heavy atom. The highest BCUT2D eigenvalue weighted by molar-refractivity contribution is 6.12. The van der Waals surface area contributed by atoms with Crippen molar-refractivity contribution in [1.82, 2.24) is 9.13 Å². The van der Waals surface area contributed by atoms with Crippen molar-refractivity contribution in [2.75, 3.05) is 0 Å². The van der Waals surface area contributed by atoms with Crippen LogP contribution in [-0.4, -0.2) is 9.13 Å². The quantitative estimate of drug-likeness (QED) is 0.168. The summed E-state index contributed by atoms with van der Waals surface area (Å²) < 4.78 is 4.96. The first kappa shape index (κ1) is 35.1. The van der Waals surface area contributed by atoms with Crippen molar-refractivity contribution in [3.05, 3.63) is 263 Å². The van der Waals surface area contributed by atoms with Crippen LogP contribution in [0, 0.1) is 12.1 Å². The minimum Gasteiger partial charge on any atom is -0.309 e. The fourth-order valence-electron chi connectivity index (χ4n) is 12.6. The lowest BCUT2D eigenvalue weighted by Gasteiger charge is -2.29. The van der Waals surface area contributed by atoms with Crippen LogP contribution in [0.3, 0.4) is 0 Å². The molecule has 0 fully saturated rings. The molecule has 2 heterocycles. The molecule has 0 saturated heterocycles. The van der Waals surface area contributed by atoms with Crippen LogP contribution >= 0.6 is 0 Å². The van der Waals surface area contributed by atoms with Gasteiger partial charge >= 0.3 is 0 Å². The third-order valence-corrected chi connectivity index (χ3v) is 15.2. The summed E-state index contributed by atoms with van der Waals surface area (Å²) in [6, 6.07) is 86.5. The zero-order chi connectivity index (χ0) is 42.4. The Bertz CT molecular complexity index is 3910. The summed E-state index contributed by atoms with van der Waals surface area (Å²) in [4.78, 5) is 0. The molecule has 12 aromatic rings. The Kier molecular flexibility index (Phi) is 6.95. The lowest BCUT2D eigenvalue weighted by atomic mass is 9.71. The Morgan fingerprint density at radius 2 is 0.954 bits per heavy atom. The zero-order valence-corrected chi connectivity index (χ0v) is 35.4. The molecule has 1 unspecified atom stereocenters. The molecule has 2 nitrogen and oxygen atoms in total. The standard InChI is InChI=1S/C63H38N2/c1-2-16-43-39(15-1)35-51(45-18-4-3-17-44(43)45)40-29-33-61-53(36-40)54-38-42(64-59-27-13-8-22-49(59)50-23-9-14-28-60(50)64)31-34-62(54)65(61)41-30-32-58-52(37-41)48-21-7-12-26-57(48)63(58)55-24-10-5-19-46(55)47-20-6-11-25-56(47)63/h1-10,12-24,26-34,36-38,51H,35H2/t51-,63?/m1/s1. The molecule has 0 bridgehead atoms. The number of hydrogen-bond donors (Lipinski definition) is 0. The maximum absolute atomic E-state index is 3.65. The smallest absolute Gasteiger partial charge is 0.0804 e. The molecule has 65 heavy (non-hydrogen) atoms. The number of benzene rings is 9. The van der Waals surface area contributed by atoms with Gasteiger partial charge in [0, 0.05) is 44.4 Å². The fraction of sp³-hybridized carbons (Fsp3) is 0.0476. The van der Waals surface area contributed by atoms with Gasteiger partial charge < -0.3 is 9.13 Å². The molecular weight excluding hydrogens is 785 g/mol. The third-order valence-electron chi connectivity index (χ3n) is 15.2. The van der Waals surface area contributed by atoms with E-state index in [1.807, 2.05) is 6.07 Å². The van der Waals surface area contributed by atoms with Crippen molar-refractivity contribution in [2.24, 2.45) is 0 Å². The highest BCUT2D eigenvalue weighted by atomic mass is 15.0. The van der Waals surface area contributed by atoms with Gasteiger partial charge in [-0.1, -0.05) is 158 Å². The second-order valence-electron chi connectivity index (χ2n) is 18.1. The van der Waals surface area contributed by atoms with E-state index in [2.05, 4.69) is 228 Å². The van der Waals surface area contributed by atoms with Crippen molar-refractivity contribution in [1.29, 1.82) is 0 Å². The van der Waals surface area contributed by atoms with E-state index in [1.54, 1.807) is 0 Å². The molecule has 0 saturated carbocycles. The van der Waals surface area contributed by atoms with Gasteiger partial charge in [-0.2, -0.15) is 0 Å². The minimum atomic E-state index is -0.462. The van der Waals surface area contributed by atoms with E-state index in [0.717, 1.165) is 17.8 Å². The number of para-hydroxylation sites is 2. The van der Waals surface area contributed by atoms with Crippen molar-refractivity contribution in [3.8, 4) is 44.8 Å². The van der Waals surface area contributed by atoms with Gasteiger partial charge in [0.15, 0.2) is 0 Å². The maximum Gasteiger partial charge on any atom is 0.0804 e. The van der Waals surface area contributed by atoms with Crippen LogP contribution in [0.2, 0.25) is 0 Å².